The molecule has 0 spiro atoms. The maximum absolute atomic E-state index is 11.4. The average molecular weight is 223 g/mol. The summed E-state index contributed by atoms with van der Waals surface area (Å²) in [5, 5.41) is 0.426. The van der Waals surface area contributed by atoms with Crippen molar-refractivity contribution in [3.05, 3.63) is 0 Å². The monoisotopic (exact) mass is 222 g/mol. The number of halogens is 1. The lowest BCUT2D eigenvalue weighted by atomic mass is 10.4. The van der Waals surface area contributed by atoms with Crippen molar-refractivity contribution in [3.8, 4) is 0 Å². The molecule has 0 N–H and O–H groups in total. The Bertz CT molecular complexity index is 128. The summed E-state index contributed by atoms with van der Waals surface area (Å²) in [5.41, 5.74) is 0. The van der Waals surface area contributed by atoms with Gasteiger partial charge in [-0.15, -0.1) is 0 Å². The Hall–Kier alpha value is 0.367. The fourth-order valence-corrected chi connectivity index (χ4v) is 3.86. The molecule has 1 nitrogen and oxygen atoms in total. The van der Waals surface area contributed by atoms with Crippen LogP contribution in [0.2, 0.25) is 19.6 Å². The van der Waals surface area contributed by atoms with E-state index in [1.54, 1.807) is 0 Å². The minimum Gasteiger partial charge on any atom is -0.304 e. The summed E-state index contributed by atoms with van der Waals surface area (Å²) in [6, 6.07) is 0. The van der Waals surface area contributed by atoms with Gasteiger partial charge in [-0.2, -0.15) is 0 Å². The molecule has 0 aromatic rings. The van der Waals surface area contributed by atoms with Gasteiger partial charge in [-0.1, -0.05) is 42.5 Å². The molecule has 0 saturated carbocycles. The molecule has 60 valence electrons. The average Bonchev–Trinajstić information content (AvgIpc) is 1.83. The Balaban J connectivity index is 4.09. The minimum absolute atomic E-state index is 0.0965. The molecule has 0 rings (SSSR count). The predicted octanol–water partition coefficient (Wildman–Crippen LogP) is 2.61. The van der Waals surface area contributed by atoms with Gasteiger partial charge in [0.1, 0.15) is 13.5 Å². The van der Waals surface area contributed by atoms with E-state index < -0.39 is 8.07 Å². The van der Waals surface area contributed by atoms with Crippen LogP contribution in [0.3, 0.4) is 0 Å². The standard InChI is InChI=1S/C7H15BrOSi/c1-5-6(8)7(9)10(2,3)4/h6H,5H2,1-4H3. The molecule has 10 heavy (non-hydrogen) atoms. The molecule has 0 bridgehead atoms. The van der Waals surface area contributed by atoms with Crippen LogP contribution in [0.5, 0.6) is 0 Å². The van der Waals surface area contributed by atoms with Gasteiger partial charge in [0.05, 0.1) is 4.83 Å². The lowest BCUT2D eigenvalue weighted by Crippen LogP contribution is -2.39. The first kappa shape index (κ1) is 10.4. The molecule has 1 unspecified atom stereocenters. The van der Waals surface area contributed by atoms with Gasteiger partial charge in [0.15, 0.2) is 0 Å². The summed E-state index contributed by atoms with van der Waals surface area (Å²) in [7, 11) is -1.53. The first-order valence-corrected chi connectivity index (χ1v) is 7.99. The second-order valence-corrected chi connectivity index (χ2v) is 9.59. The van der Waals surface area contributed by atoms with Gasteiger partial charge >= 0.3 is 0 Å². The van der Waals surface area contributed by atoms with E-state index in [0.29, 0.717) is 5.41 Å². The van der Waals surface area contributed by atoms with Gasteiger partial charge in [0, 0.05) is 0 Å². The quantitative estimate of drug-likeness (QED) is 0.531. The van der Waals surface area contributed by atoms with Gasteiger partial charge in [-0.05, 0) is 6.42 Å². The Morgan fingerprint density at radius 2 is 1.90 bits per heavy atom. The summed E-state index contributed by atoms with van der Waals surface area (Å²) >= 11 is 3.36. The maximum atomic E-state index is 11.4. The van der Waals surface area contributed by atoms with Crippen LogP contribution in [0, 0.1) is 0 Å². The van der Waals surface area contributed by atoms with E-state index in [0.717, 1.165) is 6.42 Å². The number of carbonyl (C=O) groups is 1. The van der Waals surface area contributed by atoms with Crippen LogP contribution in [0.4, 0.5) is 0 Å². The number of hydrogen-bond acceptors (Lipinski definition) is 1. The fraction of sp³-hybridized carbons (Fsp3) is 0.857. The highest BCUT2D eigenvalue weighted by atomic mass is 79.9. The molecule has 0 radical (unpaired) electrons. The van der Waals surface area contributed by atoms with Gasteiger partial charge in [-0.3, -0.25) is 0 Å². The second-order valence-electron chi connectivity index (χ2n) is 3.49. The molecule has 0 aliphatic rings. The van der Waals surface area contributed by atoms with E-state index in [-0.39, 0.29) is 4.83 Å². The first-order valence-electron chi connectivity index (χ1n) is 3.58. The Morgan fingerprint density at radius 3 is 2.00 bits per heavy atom. The van der Waals surface area contributed by atoms with E-state index >= 15 is 0 Å². The van der Waals surface area contributed by atoms with Gasteiger partial charge in [0.2, 0.25) is 0 Å². The number of carbonyl (C=O) groups excluding carboxylic acids is 1. The van der Waals surface area contributed by atoms with E-state index in [2.05, 4.69) is 35.6 Å². The lowest BCUT2D eigenvalue weighted by Gasteiger charge is -2.17. The lowest BCUT2D eigenvalue weighted by molar-refractivity contribution is -0.112. The highest BCUT2D eigenvalue weighted by Gasteiger charge is 2.28. The predicted molar refractivity (Wildman–Crippen MR) is 51.4 cm³/mol. The van der Waals surface area contributed by atoms with Crippen LogP contribution in [-0.2, 0) is 4.79 Å². The molecule has 0 heterocycles. The second kappa shape index (κ2) is 3.67. The van der Waals surface area contributed by atoms with Crippen molar-refractivity contribution in [2.75, 3.05) is 0 Å². The van der Waals surface area contributed by atoms with E-state index in [1.165, 1.54) is 0 Å². The normalized spacial score (nSPS) is 14.9. The van der Waals surface area contributed by atoms with Gasteiger partial charge < -0.3 is 4.79 Å². The van der Waals surface area contributed by atoms with Crippen LogP contribution >= 0.6 is 15.9 Å². The molecule has 0 amide bonds. The molecular weight excluding hydrogens is 208 g/mol. The third kappa shape index (κ3) is 2.97. The zero-order valence-electron chi connectivity index (χ0n) is 7.07. The zero-order chi connectivity index (χ0) is 8.36. The molecule has 0 aliphatic heterocycles. The largest absolute Gasteiger partial charge is 0.304 e. The molecule has 0 fully saturated rings. The van der Waals surface area contributed by atoms with Crippen molar-refractivity contribution >= 4 is 29.4 Å². The van der Waals surface area contributed by atoms with E-state index in [1.807, 2.05) is 6.92 Å². The summed E-state index contributed by atoms with van der Waals surface area (Å²) < 4.78 is 0. The number of alkyl halides is 1. The zero-order valence-corrected chi connectivity index (χ0v) is 9.66. The first-order chi connectivity index (χ1) is 4.39. The van der Waals surface area contributed by atoms with Gasteiger partial charge in [-0.25, -0.2) is 0 Å². The molecule has 0 aliphatic carbocycles. The summed E-state index contributed by atoms with van der Waals surface area (Å²) in [4.78, 5) is 11.5. The van der Waals surface area contributed by atoms with Crippen LogP contribution < -0.4 is 0 Å². The van der Waals surface area contributed by atoms with Crippen molar-refractivity contribution in [2.24, 2.45) is 0 Å². The van der Waals surface area contributed by atoms with Crippen LogP contribution in [-0.4, -0.2) is 18.3 Å². The molecule has 1 atom stereocenters. The van der Waals surface area contributed by atoms with E-state index in [9.17, 15) is 4.79 Å². The molecule has 0 saturated heterocycles. The van der Waals surface area contributed by atoms with Gasteiger partial charge in [0.25, 0.3) is 0 Å². The summed E-state index contributed by atoms with van der Waals surface area (Å²) in [6.07, 6.45) is 0.906. The summed E-state index contributed by atoms with van der Waals surface area (Å²) in [6.45, 7) is 8.27. The van der Waals surface area contributed by atoms with Crippen molar-refractivity contribution in [1.82, 2.24) is 0 Å². The highest BCUT2D eigenvalue weighted by Crippen LogP contribution is 2.14. The van der Waals surface area contributed by atoms with Crippen molar-refractivity contribution in [2.45, 2.75) is 37.8 Å². The maximum Gasteiger partial charge on any atom is 0.125 e. The topological polar surface area (TPSA) is 17.1 Å². The van der Waals surface area contributed by atoms with Crippen LogP contribution in [0.25, 0.3) is 0 Å². The van der Waals surface area contributed by atoms with Crippen LogP contribution in [0.15, 0.2) is 0 Å². The molecular formula is C7H15BrOSi. The SMILES string of the molecule is CCC(Br)C(=O)[Si](C)(C)C. The molecule has 0 aromatic heterocycles. The third-order valence-corrected chi connectivity index (χ3v) is 4.69. The Kier molecular flexibility index (Phi) is 3.80. The number of hydrogen-bond donors (Lipinski definition) is 0. The highest BCUT2D eigenvalue weighted by molar-refractivity contribution is 9.10. The molecule has 3 heteroatoms. The summed E-state index contributed by atoms with van der Waals surface area (Å²) in [5.74, 6) is 0. The minimum atomic E-state index is -1.53. The fourth-order valence-electron chi connectivity index (χ4n) is 0.655. The van der Waals surface area contributed by atoms with Crippen LogP contribution in [0.1, 0.15) is 13.3 Å². The van der Waals surface area contributed by atoms with Crippen molar-refractivity contribution in [3.63, 3.8) is 0 Å². The van der Waals surface area contributed by atoms with E-state index in [4.69, 9.17) is 0 Å². The Morgan fingerprint density at radius 1 is 1.50 bits per heavy atom. The molecule has 0 aromatic carbocycles. The van der Waals surface area contributed by atoms with Crippen molar-refractivity contribution in [1.29, 1.82) is 0 Å². The smallest absolute Gasteiger partial charge is 0.125 e. The number of rotatable bonds is 3. The third-order valence-electron chi connectivity index (χ3n) is 1.38. The van der Waals surface area contributed by atoms with Crippen molar-refractivity contribution < 1.29 is 4.79 Å². The Labute approximate surface area is 72.3 Å².